The molecule has 5 atom stereocenters. The van der Waals surface area contributed by atoms with Gasteiger partial charge in [0.2, 0.25) is 11.5 Å². The van der Waals surface area contributed by atoms with Gasteiger partial charge in [-0.1, -0.05) is 37.1 Å². The number of ether oxygens (including phenoxy) is 6. The lowest BCUT2D eigenvalue weighted by Gasteiger charge is -2.44. The predicted octanol–water partition coefficient (Wildman–Crippen LogP) is 10.9. The molecule has 0 aliphatic heterocycles. The molecule has 2 saturated carbocycles. The molecular weight excluding hydrogens is 737 g/mol. The summed E-state index contributed by atoms with van der Waals surface area (Å²) in [6.07, 6.45) is 10.7. The topological polar surface area (TPSA) is 72.5 Å². The van der Waals surface area contributed by atoms with E-state index in [9.17, 15) is 4.79 Å². The number of carbonyl (C=O) groups is 1. The van der Waals surface area contributed by atoms with Crippen LogP contribution in [0.15, 0.2) is 36.4 Å². The number of methoxy groups -OCH3 is 6. The fraction of sp³-hybridized carbons (Fsp3) is 0.519. The Morgan fingerprint density at radius 2 is 1.03 bits per heavy atom. The largest absolute Gasteiger partial charge is 0.493 e. The van der Waals surface area contributed by atoms with Crippen LogP contribution in [0.25, 0.3) is 0 Å². The molecule has 0 radical (unpaired) electrons. The van der Waals surface area contributed by atoms with Gasteiger partial charge in [0.15, 0.2) is 23.0 Å². The zero-order chi connectivity index (χ0) is 42.3. The van der Waals surface area contributed by atoms with Crippen LogP contribution in [0, 0.1) is 65.2 Å². The summed E-state index contributed by atoms with van der Waals surface area (Å²) in [6, 6.07) is 13.0. The van der Waals surface area contributed by atoms with Gasteiger partial charge in [0.25, 0.3) is 0 Å². The summed E-state index contributed by atoms with van der Waals surface area (Å²) in [4.78, 5) is 13.4. The lowest BCUT2D eigenvalue weighted by molar-refractivity contribution is -0.129. The fourth-order valence-corrected chi connectivity index (χ4v) is 11.7. The van der Waals surface area contributed by atoms with Gasteiger partial charge >= 0.3 is 0 Å². The van der Waals surface area contributed by atoms with Crippen LogP contribution in [0.4, 0.5) is 0 Å². The van der Waals surface area contributed by atoms with E-state index in [1.807, 2.05) is 12.1 Å². The van der Waals surface area contributed by atoms with Crippen LogP contribution in [-0.2, 0) is 35.9 Å². The first-order chi connectivity index (χ1) is 28.4. The standard InChI is InChI=1S/C26H34O4.C26H32O3/c1-16-10-11-19(18(3)17(16)2)14-20-8-7-9-21(24(20)27)15-22-12-13-23(28-4)26(30-6)25(22)29-5;1-14-10-21-19(16(3)15(14)2)11-17-8-7-9-18-12-20-22(26(17,18)21)13-23(27-4)25(29-6)24(20)28-5/h10-13,20-21H,7-9,14-15H2,1-6H3;10,13,17-18H,7-9,11-12H2,1-6H3/t20-,21-;17-,18-,26-/m00/s1. The third-order valence-corrected chi connectivity index (χ3v) is 15.2. The van der Waals surface area contributed by atoms with Crippen LogP contribution in [0.3, 0.4) is 0 Å². The van der Waals surface area contributed by atoms with Crippen molar-refractivity contribution in [2.24, 2.45) is 23.7 Å². The summed E-state index contributed by atoms with van der Waals surface area (Å²) in [5, 5.41) is 0. The second kappa shape index (κ2) is 17.1. The highest BCUT2D eigenvalue weighted by Gasteiger charge is 2.59. The number of hydrogen-bond acceptors (Lipinski definition) is 7. The van der Waals surface area contributed by atoms with Crippen molar-refractivity contribution in [1.82, 2.24) is 0 Å². The molecule has 8 rings (SSSR count). The molecule has 0 N–H and O–H groups in total. The van der Waals surface area contributed by atoms with Gasteiger partial charge in [-0.2, -0.15) is 0 Å². The number of benzene rings is 4. The van der Waals surface area contributed by atoms with E-state index in [0.717, 1.165) is 54.9 Å². The van der Waals surface area contributed by atoms with Crippen LogP contribution in [0.2, 0.25) is 0 Å². The minimum Gasteiger partial charge on any atom is -0.493 e. The van der Waals surface area contributed by atoms with Crippen molar-refractivity contribution in [3.05, 3.63) is 103 Å². The summed E-state index contributed by atoms with van der Waals surface area (Å²) < 4.78 is 34.0. The van der Waals surface area contributed by atoms with Gasteiger partial charge in [0.1, 0.15) is 5.78 Å². The normalized spacial score (nSPS) is 22.6. The van der Waals surface area contributed by atoms with Gasteiger partial charge in [-0.05, 0) is 178 Å². The zero-order valence-electron chi connectivity index (χ0n) is 37.7. The van der Waals surface area contributed by atoms with E-state index in [0.29, 0.717) is 41.3 Å². The van der Waals surface area contributed by atoms with Crippen LogP contribution < -0.4 is 28.4 Å². The van der Waals surface area contributed by atoms with Gasteiger partial charge in [-0.15, -0.1) is 0 Å². The van der Waals surface area contributed by atoms with Crippen molar-refractivity contribution in [3.63, 3.8) is 0 Å². The van der Waals surface area contributed by atoms with Crippen molar-refractivity contribution in [2.75, 3.05) is 42.7 Å². The maximum absolute atomic E-state index is 13.4. The third-order valence-electron chi connectivity index (χ3n) is 15.2. The summed E-state index contributed by atoms with van der Waals surface area (Å²) in [5.41, 5.74) is 16.7. The molecule has 7 nitrogen and oxygen atoms in total. The Labute approximate surface area is 353 Å². The van der Waals surface area contributed by atoms with Crippen LogP contribution in [0.1, 0.15) is 105 Å². The maximum atomic E-state index is 13.4. The summed E-state index contributed by atoms with van der Waals surface area (Å²) in [6.45, 7) is 13.4. The zero-order valence-corrected chi connectivity index (χ0v) is 37.7. The molecule has 4 aromatic rings. The molecule has 4 aromatic carbocycles. The van der Waals surface area contributed by atoms with Gasteiger partial charge in [0, 0.05) is 22.8 Å². The molecule has 2 fully saturated rings. The molecule has 4 aliphatic carbocycles. The van der Waals surface area contributed by atoms with E-state index < -0.39 is 0 Å². The first-order valence-electron chi connectivity index (χ1n) is 21.7. The molecule has 7 heteroatoms. The smallest absolute Gasteiger partial charge is 0.203 e. The number of carbonyl (C=O) groups excluding carboxylic acids is 1. The summed E-state index contributed by atoms with van der Waals surface area (Å²) >= 11 is 0. The lowest BCUT2D eigenvalue weighted by atomic mass is 9.59. The van der Waals surface area contributed by atoms with Gasteiger partial charge in [-0.3, -0.25) is 4.79 Å². The minimum absolute atomic E-state index is 0.0163. The van der Waals surface area contributed by atoms with E-state index in [1.165, 1.54) is 75.8 Å². The van der Waals surface area contributed by atoms with Crippen molar-refractivity contribution in [2.45, 2.75) is 111 Å². The monoisotopic (exact) mass is 802 g/mol. The Kier molecular flexibility index (Phi) is 12.3. The molecular formula is C52H66O7. The van der Waals surface area contributed by atoms with Crippen LogP contribution in [0.5, 0.6) is 34.5 Å². The van der Waals surface area contributed by atoms with E-state index in [-0.39, 0.29) is 17.3 Å². The number of aryl methyl sites for hydroxylation is 2. The second-order valence-electron chi connectivity index (χ2n) is 17.7. The van der Waals surface area contributed by atoms with Crippen molar-refractivity contribution in [3.8, 4) is 34.5 Å². The lowest BCUT2D eigenvalue weighted by Crippen LogP contribution is -2.41. The first-order valence-corrected chi connectivity index (χ1v) is 21.7. The van der Waals surface area contributed by atoms with Crippen molar-refractivity contribution in [1.29, 1.82) is 0 Å². The summed E-state index contributed by atoms with van der Waals surface area (Å²) in [5.74, 6) is 6.07. The third kappa shape index (κ3) is 7.04. The molecule has 4 aliphatic rings. The van der Waals surface area contributed by atoms with E-state index >= 15 is 0 Å². The van der Waals surface area contributed by atoms with Gasteiger partial charge < -0.3 is 28.4 Å². The average Bonchev–Trinajstić information content (AvgIpc) is 3.77. The fourth-order valence-electron chi connectivity index (χ4n) is 11.7. The van der Waals surface area contributed by atoms with Gasteiger partial charge in [-0.25, -0.2) is 0 Å². The Balaban J connectivity index is 0.000000179. The Bertz CT molecular complexity index is 2240. The quantitative estimate of drug-likeness (QED) is 0.158. The van der Waals surface area contributed by atoms with Crippen molar-refractivity contribution < 1.29 is 33.2 Å². The van der Waals surface area contributed by atoms with Crippen LogP contribution >= 0.6 is 0 Å². The number of rotatable bonds is 10. The first kappa shape index (κ1) is 42.5. The summed E-state index contributed by atoms with van der Waals surface area (Å²) in [7, 11) is 10.0. The highest BCUT2D eigenvalue weighted by Crippen LogP contribution is 2.66. The molecule has 59 heavy (non-hydrogen) atoms. The highest BCUT2D eigenvalue weighted by atomic mass is 16.5. The second-order valence-corrected chi connectivity index (χ2v) is 17.7. The van der Waals surface area contributed by atoms with Crippen molar-refractivity contribution >= 4 is 5.78 Å². The number of ketones is 1. The number of Topliss-reactive ketones (excluding diaryl/α,β-unsaturated/α-hetero) is 1. The molecule has 0 aromatic heterocycles. The molecule has 1 spiro atoms. The number of fused-ring (bicyclic) bond motifs is 2. The Hall–Kier alpha value is -4.65. The van der Waals surface area contributed by atoms with E-state index in [1.54, 1.807) is 53.8 Å². The highest BCUT2D eigenvalue weighted by molar-refractivity contribution is 5.85. The molecule has 0 unspecified atom stereocenters. The molecule has 0 saturated heterocycles. The molecule has 0 heterocycles. The van der Waals surface area contributed by atoms with Crippen LogP contribution in [-0.4, -0.2) is 48.4 Å². The maximum Gasteiger partial charge on any atom is 0.203 e. The SMILES string of the molecule is COc1cc2c(c(OC)c1OC)C[C@@H]1CCC[C@H]3Cc4c(cc(C)c(C)c4C)[C@]231.COc1ccc(C[C@@H]2CCC[C@@H](Cc3ccc(C)c(C)c3C)C2=O)c(OC)c1OC. The van der Waals surface area contributed by atoms with Gasteiger partial charge in [0.05, 0.1) is 42.7 Å². The average molecular weight is 803 g/mol. The molecule has 316 valence electrons. The minimum atomic E-state index is 0.0163. The Morgan fingerprint density at radius 1 is 0.508 bits per heavy atom. The molecule has 0 bridgehead atoms. The predicted molar refractivity (Wildman–Crippen MR) is 236 cm³/mol. The van der Waals surface area contributed by atoms with E-state index in [4.69, 9.17) is 28.4 Å². The Morgan fingerprint density at radius 3 is 1.64 bits per heavy atom. The molecule has 0 amide bonds. The number of hydrogen-bond donors (Lipinski definition) is 0. The van der Waals surface area contributed by atoms with E-state index in [2.05, 4.69) is 65.8 Å².